The van der Waals surface area contributed by atoms with E-state index in [0.29, 0.717) is 18.2 Å². The molecule has 0 saturated carbocycles. The van der Waals surface area contributed by atoms with Crippen LogP contribution >= 0.6 is 0 Å². The summed E-state index contributed by atoms with van der Waals surface area (Å²) in [5.41, 5.74) is 0.631. The Morgan fingerprint density at radius 1 is 1.30 bits per heavy atom. The molecule has 0 aromatic heterocycles. The number of piperidine rings is 1. The lowest BCUT2D eigenvalue weighted by atomic mass is 9.98. The lowest BCUT2D eigenvalue weighted by molar-refractivity contribution is 0.0449. The maximum atomic E-state index is 11.8. The van der Waals surface area contributed by atoms with E-state index in [-0.39, 0.29) is 5.97 Å². The quantitative estimate of drug-likeness (QED) is 0.772. The summed E-state index contributed by atoms with van der Waals surface area (Å²) in [5, 5.41) is 0. The van der Waals surface area contributed by atoms with Crippen LogP contribution in [-0.2, 0) is 4.74 Å². The second-order valence-electron chi connectivity index (χ2n) is 5.86. The zero-order valence-electron chi connectivity index (χ0n) is 12.5. The monoisotopic (exact) mass is 275 g/mol. The number of esters is 1. The number of hydrogen-bond donors (Lipinski definition) is 0. The van der Waals surface area contributed by atoms with E-state index in [0.717, 1.165) is 12.3 Å². The Morgan fingerprint density at radius 2 is 1.95 bits per heavy atom. The molecule has 3 heteroatoms. The van der Waals surface area contributed by atoms with E-state index in [9.17, 15) is 4.79 Å². The normalized spacial score (nSPS) is 18.7. The Balaban J connectivity index is 1.69. The molecule has 20 heavy (non-hydrogen) atoms. The zero-order valence-corrected chi connectivity index (χ0v) is 12.5. The number of rotatable bonds is 5. The van der Waals surface area contributed by atoms with Crippen molar-refractivity contribution < 1.29 is 9.53 Å². The van der Waals surface area contributed by atoms with Gasteiger partial charge in [-0.25, -0.2) is 4.79 Å². The minimum Gasteiger partial charge on any atom is -0.462 e. The first kappa shape index (κ1) is 15.0. The molecule has 1 fully saturated rings. The van der Waals surface area contributed by atoms with Crippen LogP contribution in [0, 0.1) is 5.92 Å². The molecule has 0 N–H and O–H groups in total. The highest BCUT2D eigenvalue weighted by atomic mass is 16.5. The number of nitrogens with zero attached hydrogens (tertiary/aromatic N) is 1. The number of carbonyl (C=O) groups excluding carboxylic acids is 1. The second-order valence-corrected chi connectivity index (χ2v) is 5.86. The predicted octanol–water partition coefficient (Wildman–Crippen LogP) is 3.35. The maximum Gasteiger partial charge on any atom is 0.338 e. The summed E-state index contributed by atoms with van der Waals surface area (Å²) in [5.74, 6) is 0.638. The van der Waals surface area contributed by atoms with Gasteiger partial charge in [0, 0.05) is 6.04 Å². The molecule has 1 atom stereocenters. The lowest BCUT2D eigenvalue weighted by Crippen LogP contribution is -2.40. The van der Waals surface area contributed by atoms with E-state index in [2.05, 4.69) is 18.7 Å². The van der Waals surface area contributed by atoms with Crippen LogP contribution < -0.4 is 0 Å². The highest BCUT2D eigenvalue weighted by Crippen LogP contribution is 2.19. The molecule has 1 aromatic carbocycles. The van der Waals surface area contributed by atoms with Gasteiger partial charge >= 0.3 is 5.97 Å². The van der Waals surface area contributed by atoms with Crippen molar-refractivity contribution in [2.75, 3.05) is 19.7 Å². The minimum atomic E-state index is -0.218. The molecule has 1 unspecified atom stereocenters. The first-order valence-corrected chi connectivity index (χ1v) is 7.63. The van der Waals surface area contributed by atoms with E-state index < -0.39 is 0 Å². The smallest absolute Gasteiger partial charge is 0.338 e. The van der Waals surface area contributed by atoms with Gasteiger partial charge in [-0.05, 0) is 57.3 Å². The van der Waals surface area contributed by atoms with Gasteiger partial charge in [0.05, 0.1) is 12.2 Å². The molecular formula is C17H25NO2. The van der Waals surface area contributed by atoms with Gasteiger partial charge in [0.25, 0.3) is 0 Å². The van der Waals surface area contributed by atoms with Gasteiger partial charge in [-0.1, -0.05) is 25.1 Å². The average Bonchev–Trinajstić information content (AvgIpc) is 2.48. The van der Waals surface area contributed by atoms with Crippen molar-refractivity contribution in [1.82, 2.24) is 4.90 Å². The van der Waals surface area contributed by atoms with Crippen LogP contribution in [0.3, 0.4) is 0 Å². The fraction of sp³-hybridized carbons (Fsp3) is 0.588. The highest BCUT2D eigenvalue weighted by molar-refractivity contribution is 5.89. The largest absolute Gasteiger partial charge is 0.462 e. The minimum absolute atomic E-state index is 0.218. The molecule has 110 valence electrons. The van der Waals surface area contributed by atoms with Crippen molar-refractivity contribution in [3.8, 4) is 0 Å². The van der Waals surface area contributed by atoms with Crippen molar-refractivity contribution in [3.63, 3.8) is 0 Å². The van der Waals surface area contributed by atoms with Gasteiger partial charge in [0.1, 0.15) is 0 Å². The summed E-state index contributed by atoms with van der Waals surface area (Å²) in [6.07, 6.45) is 3.48. The molecule has 0 aliphatic carbocycles. The molecule has 0 amide bonds. The van der Waals surface area contributed by atoms with Crippen LogP contribution in [0.2, 0.25) is 0 Å². The Bertz CT molecular complexity index is 410. The van der Waals surface area contributed by atoms with Gasteiger partial charge in [0.15, 0.2) is 0 Å². The van der Waals surface area contributed by atoms with E-state index in [1.54, 1.807) is 12.1 Å². The fourth-order valence-corrected chi connectivity index (χ4v) is 2.63. The molecule has 1 heterocycles. The molecule has 0 bridgehead atoms. The van der Waals surface area contributed by atoms with Crippen molar-refractivity contribution >= 4 is 5.97 Å². The highest BCUT2D eigenvalue weighted by Gasteiger charge is 2.20. The molecule has 1 aromatic rings. The van der Waals surface area contributed by atoms with Crippen molar-refractivity contribution in [3.05, 3.63) is 35.9 Å². The van der Waals surface area contributed by atoms with Crippen LogP contribution in [0.1, 0.15) is 43.5 Å². The molecule has 0 radical (unpaired) electrons. The fourth-order valence-electron chi connectivity index (χ4n) is 2.63. The summed E-state index contributed by atoms with van der Waals surface area (Å²) >= 11 is 0. The van der Waals surface area contributed by atoms with Crippen molar-refractivity contribution in [1.29, 1.82) is 0 Å². The Morgan fingerprint density at radius 3 is 2.60 bits per heavy atom. The van der Waals surface area contributed by atoms with Crippen LogP contribution in [0.4, 0.5) is 0 Å². The first-order valence-electron chi connectivity index (χ1n) is 7.63. The maximum absolute atomic E-state index is 11.8. The summed E-state index contributed by atoms with van der Waals surface area (Å²) in [6.45, 7) is 7.40. The summed E-state index contributed by atoms with van der Waals surface area (Å²) in [4.78, 5) is 14.3. The zero-order chi connectivity index (χ0) is 14.4. The van der Waals surface area contributed by atoms with E-state index in [4.69, 9.17) is 4.74 Å². The Labute approximate surface area is 121 Å². The summed E-state index contributed by atoms with van der Waals surface area (Å²) in [6, 6.07) is 9.68. The number of benzene rings is 1. The third kappa shape index (κ3) is 4.34. The van der Waals surface area contributed by atoms with Crippen LogP contribution in [0.5, 0.6) is 0 Å². The van der Waals surface area contributed by atoms with Crippen molar-refractivity contribution in [2.24, 2.45) is 5.92 Å². The predicted molar refractivity (Wildman–Crippen MR) is 80.8 cm³/mol. The summed E-state index contributed by atoms with van der Waals surface area (Å²) in [7, 11) is 0. The molecular weight excluding hydrogens is 250 g/mol. The second kappa shape index (κ2) is 7.44. The number of ether oxygens (including phenoxy) is 1. The van der Waals surface area contributed by atoms with Gasteiger partial charge in [-0.2, -0.15) is 0 Å². The van der Waals surface area contributed by atoms with Crippen LogP contribution in [0.15, 0.2) is 30.3 Å². The van der Waals surface area contributed by atoms with E-state index in [1.807, 2.05) is 18.2 Å². The van der Waals surface area contributed by atoms with Gasteiger partial charge in [-0.15, -0.1) is 0 Å². The van der Waals surface area contributed by atoms with Gasteiger partial charge in [-0.3, -0.25) is 0 Å². The number of hydrogen-bond acceptors (Lipinski definition) is 3. The summed E-state index contributed by atoms with van der Waals surface area (Å²) < 4.78 is 5.35. The first-order chi connectivity index (χ1) is 9.66. The molecule has 1 aliphatic rings. The molecule has 2 rings (SSSR count). The average molecular weight is 275 g/mol. The molecule has 0 spiro atoms. The lowest BCUT2D eigenvalue weighted by Gasteiger charge is -2.34. The van der Waals surface area contributed by atoms with Crippen molar-refractivity contribution in [2.45, 2.75) is 39.2 Å². The Hall–Kier alpha value is -1.35. The molecule has 1 aliphatic heterocycles. The number of carbonyl (C=O) groups is 1. The third-order valence-electron chi connectivity index (χ3n) is 4.22. The van der Waals surface area contributed by atoms with E-state index >= 15 is 0 Å². The van der Waals surface area contributed by atoms with Crippen LogP contribution in [-0.4, -0.2) is 36.6 Å². The topological polar surface area (TPSA) is 29.5 Å². The van der Waals surface area contributed by atoms with Gasteiger partial charge in [0.2, 0.25) is 0 Å². The third-order valence-corrected chi connectivity index (χ3v) is 4.22. The standard InChI is InChI=1S/C17H25NO2/c1-14-8-11-18(12-9-14)15(2)10-13-20-17(19)16-6-4-3-5-7-16/h3-7,14-15H,8-13H2,1-2H3. The number of likely N-dealkylation sites (tertiary alicyclic amines) is 1. The van der Waals surface area contributed by atoms with E-state index in [1.165, 1.54) is 25.9 Å². The molecule has 1 saturated heterocycles. The molecule has 3 nitrogen and oxygen atoms in total. The SMILES string of the molecule is CC1CCN(C(C)CCOC(=O)c2ccccc2)CC1. The van der Waals surface area contributed by atoms with Crippen LogP contribution in [0.25, 0.3) is 0 Å². The Kier molecular flexibility index (Phi) is 5.60. The van der Waals surface area contributed by atoms with Gasteiger partial charge < -0.3 is 9.64 Å².